The number of aliphatic hydroxyl groups is 1. The molecule has 0 saturated heterocycles. The second-order valence-electron chi connectivity index (χ2n) is 4.68. The number of nitrogen functional groups attached to an aromatic ring is 1. The largest absolute Gasteiger partial charge is 0.396 e. The van der Waals surface area contributed by atoms with E-state index >= 15 is 0 Å². The van der Waals surface area contributed by atoms with Gasteiger partial charge in [0.05, 0.1) is 23.9 Å². The van der Waals surface area contributed by atoms with Crippen LogP contribution in [0.15, 0.2) is 18.2 Å². The molecule has 1 rings (SSSR count). The Morgan fingerprint density at radius 1 is 1.50 bits per heavy atom. The van der Waals surface area contributed by atoms with Crippen molar-refractivity contribution in [2.24, 2.45) is 5.92 Å². The van der Waals surface area contributed by atoms with Gasteiger partial charge in [-0.25, -0.2) is 4.39 Å². The average molecular weight is 254 g/mol. The van der Waals surface area contributed by atoms with Crippen molar-refractivity contribution < 1.29 is 14.3 Å². The van der Waals surface area contributed by atoms with Crippen molar-refractivity contribution in [3.05, 3.63) is 29.6 Å². The zero-order valence-corrected chi connectivity index (χ0v) is 10.6. The molecule has 0 spiro atoms. The van der Waals surface area contributed by atoms with Crippen LogP contribution in [0.1, 0.15) is 30.6 Å². The zero-order chi connectivity index (χ0) is 13.7. The van der Waals surface area contributed by atoms with Gasteiger partial charge in [-0.15, -0.1) is 0 Å². The SMILES string of the molecule is CC(C)CC(CO)NC(=O)c1cccc(F)c1N. The van der Waals surface area contributed by atoms with E-state index in [1.54, 1.807) is 0 Å². The van der Waals surface area contributed by atoms with E-state index in [9.17, 15) is 14.3 Å². The van der Waals surface area contributed by atoms with Gasteiger partial charge in [-0.2, -0.15) is 0 Å². The van der Waals surface area contributed by atoms with Crippen LogP contribution in [0.4, 0.5) is 10.1 Å². The monoisotopic (exact) mass is 254 g/mol. The van der Waals surface area contributed by atoms with Crippen LogP contribution in [0.25, 0.3) is 0 Å². The minimum Gasteiger partial charge on any atom is -0.396 e. The number of halogens is 1. The van der Waals surface area contributed by atoms with Crippen LogP contribution in [0.5, 0.6) is 0 Å². The molecule has 1 amide bonds. The quantitative estimate of drug-likeness (QED) is 0.698. The molecule has 0 fully saturated rings. The fourth-order valence-electron chi connectivity index (χ4n) is 1.75. The Labute approximate surface area is 106 Å². The van der Waals surface area contributed by atoms with Gasteiger partial charge in [-0.1, -0.05) is 19.9 Å². The number of amides is 1. The number of anilines is 1. The van der Waals surface area contributed by atoms with Crippen molar-refractivity contribution in [2.45, 2.75) is 26.3 Å². The molecule has 0 aliphatic heterocycles. The zero-order valence-electron chi connectivity index (χ0n) is 10.6. The van der Waals surface area contributed by atoms with Crippen LogP contribution in [0.3, 0.4) is 0 Å². The van der Waals surface area contributed by atoms with Crippen LogP contribution in [0, 0.1) is 11.7 Å². The van der Waals surface area contributed by atoms with E-state index in [0.717, 1.165) is 0 Å². The summed E-state index contributed by atoms with van der Waals surface area (Å²) in [7, 11) is 0. The molecule has 0 radical (unpaired) electrons. The molecule has 0 bridgehead atoms. The summed E-state index contributed by atoms with van der Waals surface area (Å²) in [6.45, 7) is 3.83. The Balaban J connectivity index is 2.78. The van der Waals surface area contributed by atoms with E-state index in [0.29, 0.717) is 12.3 Å². The highest BCUT2D eigenvalue weighted by molar-refractivity contribution is 5.99. The molecule has 1 atom stereocenters. The molecule has 0 heterocycles. The van der Waals surface area contributed by atoms with Gasteiger partial charge in [0.1, 0.15) is 5.82 Å². The number of nitrogens with two attached hydrogens (primary N) is 1. The molecule has 1 aromatic carbocycles. The minimum absolute atomic E-state index is 0.0946. The van der Waals surface area contributed by atoms with Gasteiger partial charge in [-0.05, 0) is 24.5 Å². The lowest BCUT2D eigenvalue weighted by atomic mass is 10.0. The number of aliphatic hydroxyl groups excluding tert-OH is 1. The molecule has 5 heteroatoms. The van der Waals surface area contributed by atoms with Crippen molar-refractivity contribution in [3.8, 4) is 0 Å². The number of hydrogen-bond donors (Lipinski definition) is 3. The van der Waals surface area contributed by atoms with E-state index < -0.39 is 11.7 Å². The molecule has 1 unspecified atom stereocenters. The molecule has 0 aliphatic carbocycles. The lowest BCUT2D eigenvalue weighted by molar-refractivity contribution is 0.0909. The molecule has 18 heavy (non-hydrogen) atoms. The molecular formula is C13H19FN2O2. The van der Waals surface area contributed by atoms with Crippen LogP contribution in [-0.2, 0) is 0 Å². The fraction of sp³-hybridized carbons (Fsp3) is 0.462. The third-order valence-electron chi connectivity index (χ3n) is 2.61. The third kappa shape index (κ3) is 3.70. The summed E-state index contributed by atoms with van der Waals surface area (Å²) in [4.78, 5) is 11.9. The number of benzene rings is 1. The van der Waals surface area contributed by atoms with Gasteiger partial charge >= 0.3 is 0 Å². The van der Waals surface area contributed by atoms with Crippen molar-refractivity contribution in [3.63, 3.8) is 0 Å². The lowest BCUT2D eigenvalue weighted by Gasteiger charge is -2.18. The molecule has 0 aromatic heterocycles. The average Bonchev–Trinajstić information content (AvgIpc) is 2.31. The van der Waals surface area contributed by atoms with E-state index in [2.05, 4.69) is 5.32 Å². The molecule has 4 nitrogen and oxygen atoms in total. The first-order chi connectivity index (χ1) is 8.45. The smallest absolute Gasteiger partial charge is 0.253 e. The summed E-state index contributed by atoms with van der Waals surface area (Å²) in [5.74, 6) is -0.744. The Morgan fingerprint density at radius 2 is 2.17 bits per heavy atom. The molecule has 0 saturated carbocycles. The Morgan fingerprint density at radius 3 is 2.72 bits per heavy atom. The molecular weight excluding hydrogens is 235 g/mol. The number of carbonyl (C=O) groups is 1. The highest BCUT2D eigenvalue weighted by Gasteiger charge is 2.17. The number of hydrogen-bond acceptors (Lipinski definition) is 3. The highest BCUT2D eigenvalue weighted by Crippen LogP contribution is 2.16. The highest BCUT2D eigenvalue weighted by atomic mass is 19.1. The third-order valence-corrected chi connectivity index (χ3v) is 2.61. The standard InChI is InChI=1S/C13H19FN2O2/c1-8(2)6-9(7-17)16-13(18)10-4-3-5-11(14)12(10)15/h3-5,8-9,17H,6-7,15H2,1-2H3,(H,16,18). The Kier molecular flexibility index (Phi) is 5.09. The normalized spacial score (nSPS) is 12.5. The first-order valence-corrected chi connectivity index (χ1v) is 5.91. The van der Waals surface area contributed by atoms with E-state index in [1.807, 2.05) is 13.8 Å². The summed E-state index contributed by atoms with van der Waals surface area (Å²) in [5, 5.41) is 11.8. The van der Waals surface area contributed by atoms with Gasteiger partial charge in [0.2, 0.25) is 0 Å². The minimum atomic E-state index is -0.618. The van der Waals surface area contributed by atoms with E-state index in [1.165, 1.54) is 18.2 Å². The number of nitrogens with one attached hydrogen (secondary N) is 1. The summed E-state index contributed by atoms with van der Waals surface area (Å²) in [6.07, 6.45) is 0.650. The molecule has 100 valence electrons. The van der Waals surface area contributed by atoms with Crippen LogP contribution < -0.4 is 11.1 Å². The van der Waals surface area contributed by atoms with E-state index in [-0.39, 0.29) is 23.9 Å². The van der Waals surface area contributed by atoms with Gasteiger partial charge in [0.25, 0.3) is 5.91 Å². The number of rotatable bonds is 5. The van der Waals surface area contributed by atoms with Crippen molar-refractivity contribution in [2.75, 3.05) is 12.3 Å². The van der Waals surface area contributed by atoms with Crippen molar-refractivity contribution >= 4 is 11.6 Å². The number of carbonyl (C=O) groups excluding carboxylic acids is 1. The van der Waals surface area contributed by atoms with Crippen LogP contribution in [0.2, 0.25) is 0 Å². The van der Waals surface area contributed by atoms with Crippen LogP contribution in [-0.4, -0.2) is 23.7 Å². The predicted octanol–water partition coefficient (Wildman–Crippen LogP) is 1.54. The molecule has 1 aromatic rings. The molecule has 4 N–H and O–H groups in total. The van der Waals surface area contributed by atoms with Gasteiger partial charge in [-0.3, -0.25) is 4.79 Å². The lowest BCUT2D eigenvalue weighted by Crippen LogP contribution is -2.38. The number of para-hydroxylation sites is 1. The van der Waals surface area contributed by atoms with Gasteiger partial charge in [0.15, 0.2) is 0 Å². The maximum absolute atomic E-state index is 13.2. The second-order valence-corrected chi connectivity index (χ2v) is 4.68. The molecule has 0 aliphatic rings. The van der Waals surface area contributed by atoms with Crippen molar-refractivity contribution in [1.29, 1.82) is 0 Å². The first-order valence-electron chi connectivity index (χ1n) is 5.91. The summed E-state index contributed by atoms with van der Waals surface area (Å²) >= 11 is 0. The Hall–Kier alpha value is -1.62. The van der Waals surface area contributed by atoms with Crippen molar-refractivity contribution in [1.82, 2.24) is 5.32 Å². The van der Waals surface area contributed by atoms with Gasteiger partial charge < -0.3 is 16.2 Å². The summed E-state index contributed by atoms with van der Waals surface area (Å²) in [6, 6.07) is 3.73. The first kappa shape index (κ1) is 14.4. The van der Waals surface area contributed by atoms with E-state index in [4.69, 9.17) is 5.73 Å². The summed E-state index contributed by atoms with van der Waals surface area (Å²) in [5.41, 5.74) is 5.43. The second kappa shape index (κ2) is 6.35. The fourth-order valence-corrected chi connectivity index (χ4v) is 1.75. The van der Waals surface area contributed by atoms with Gasteiger partial charge in [0, 0.05) is 0 Å². The summed E-state index contributed by atoms with van der Waals surface area (Å²) < 4.78 is 13.2. The maximum atomic E-state index is 13.2. The maximum Gasteiger partial charge on any atom is 0.253 e. The van der Waals surface area contributed by atoms with Crippen LogP contribution >= 0.6 is 0 Å². The Bertz CT molecular complexity index is 421. The predicted molar refractivity (Wildman–Crippen MR) is 68.6 cm³/mol. The topological polar surface area (TPSA) is 75.3 Å².